The van der Waals surface area contributed by atoms with Crippen LogP contribution >= 0.6 is 0 Å². The minimum Gasteiger partial charge on any atom is -0.377 e. The molecule has 1 aliphatic heterocycles. The first-order valence-electron chi connectivity index (χ1n) is 9.03. The van der Waals surface area contributed by atoms with Crippen molar-refractivity contribution < 1.29 is 4.74 Å². The lowest BCUT2D eigenvalue weighted by Gasteiger charge is -2.34. The number of hydrogen-bond acceptors (Lipinski definition) is 6. The van der Waals surface area contributed by atoms with Gasteiger partial charge in [-0.2, -0.15) is 14.9 Å². The smallest absolute Gasteiger partial charge is 0.168 e. The summed E-state index contributed by atoms with van der Waals surface area (Å²) in [6, 6.07) is 4.11. The second kappa shape index (κ2) is 6.83. The summed E-state index contributed by atoms with van der Waals surface area (Å²) in [6.45, 7) is 4.27. The summed E-state index contributed by atoms with van der Waals surface area (Å²) in [5.74, 6) is 7.98. The van der Waals surface area contributed by atoms with Gasteiger partial charge in [0.15, 0.2) is 11.5 Å². The number of nitrogens with zero attached hydrogens (tertiary/aromatic N) is 6. The largest absolute Gasteiger partial charge is 0.377 e. The highest BCUT2D eigenvalue weighted by Gasteiger charge is 2.22. The molecule has 0 aliphatic carbocycles. The molecule has 9 heteroatoms. The van der Waals surface area contributed by atoms with Gasteiger partial charge in [-0.05, 0) is 18.9 Å². The summed E-state index contributed by atoms with van der Waals surface area (Å²) in [5.41, 5.74) is 2.35. The SMILES string of the molecule is C[C@@H]1COCCN1c1cc(C#Cc2cnc[nH]2)c2cnn(-c3ccn[nH]3)c2n1. The maximum Gasteiger partial charge on any atom is 0.168 e. The zero-order valence-electron chi connectivity index (χ0n) is 15.3. The Balaban J connectivity index is 1.68. The summed E-state index contributed by atoms with van der Waals surface area (Å²) in [4.78, 5) is 14.2. The van der Waals surface area contributed by atoms with E-state index in [9.17, 15) is 0 Å². The molecule has 4 aromatic rings. The molecule has 5 rings (SSSR count). The van der Waals surface area contributed by atoms with Crippen LogP contribution in [-0.4, -0.2) is 60.7 Å². The van der Waals surface area contributed by atoms with Crippen LogP contribution in [0, 0.1) is 11.8 Å². The lowest BCUT2D eigenvalue weighted by Crippen LogP contribution is -2.44. The maximum absolute atomic E-state index is 5.58. The van der Waals surface area contributed by atoms with E-state index in [0.29, 0.717) is 13.2 Å². The number of H-pyrrole nitrogens is 2. The number of hydrogen-bond donors (Lipinski definition) is 2. The fourth-order valence-electron chi connectivity index (χ4n) is 3.31. The quantitative estimate of drug-likeness (QED) is 0.516. The molecule has 5 heterocycles. The number of fused-ring (bicyclic) bond motifs is 1. The lowest BCUT2D eigenvalue weighted by atomic mass is 10.1. The van der Waals surface area contributed by atoms with Gasteiger partial charge in [0.2, 0.25) is 0 Å². The van der Waals surface area contributed by atoms with Crippen molar-refractivity contribution in [2.45, 2.75) is 13.0 Å². The van der Waals surface area contributed by atoms with Crippen molar-refractivity contribution in [1.29, 1.82) is 0 Å². The van der Waals surface area contributed by atoms with Crippen molar-refractivity contribution in [3.05, 3.63) is 48.3 Å². The van der Waals surface area contributed by atoms with Gasteiger partial charge in [0.25, 0.3) is 0 Å². The van der Waals surface area contributed by atoms with Crippen LogP contribution in [0.2, 0.25) is 0 Å². The van der Waals surface area contributed by atoms with Gasteiger partial charge in [0.1, 0.15) is 11.5 Å². The highest BCUT2D eigenvalue weighted by atomic mass is 16.5. The number of aromatic nitrogens is 7. The van der Waals surface area contributed by atoms with E-state index in [1.807, 2.05) is 12.1 Å². The monoisotopic (exact) mass is 374 g/mol. The van der Waals surface area contributed by atoms with Gasteiger partial charge in [-0.15, -0.1) is 0 Å². The Hall–Kier alpha value is -3.64. The molecule has 1 aliphatic rings. The summed E-state index contributed by atoms with van der Waals surface area (Å²) in [6.07, 6.45) is 6.79. The van der Waals surface area contributed by atoms with Gasteiger partial charge in [-0.3, -0.25) is 5.10 Å². The standard InChI is InChI=1S/C19H18N8O/c1-13-11-28-7-6-26(13)18-8-14(2-3-15-9-20-12-21-15)16-10-23-27(19(16)24-18)17-4-5-22-25-17/h4-5,8-10,12-13H,6-7,11H2,1H3,(H,20,21)(H,22,25)/t13-/m1/s1. The minimum absolute atomic E-state index is 0.232. The third-order valence-electron chi connectivity index (χ3n) is 4.73. The van der Waals surface area contributed by atoms with Crippen LogP contribution in [0.4, 0.5) is 5.82 Å². The molecule has 0 bridgehead atoms. The van der Waals surface area contributed by atoms with Crippen LogP contribution in [-0.2, 0) is 4.74 Å². The Bertz CT molecular complexity index is 1150. The van der Waals surface area contributed by atoms with E-state index >= 15 is 0 Å². The maximum atomic E-state index is 5.58. The second-order valence-electron chi connectivity index (χ2n) is 6.60. The van der Waals surface area contributed by atoms with Gasteiger partial charge >= 0.3 is 0 Å². The van der Waals surface area contributed by atoms with E-state index in [0.717, 1.165) is 40.5 Å². The van der Waals surface area contributed by atoms with Gasteiger partial charge in [0, 0.05) is 18.2 Å². The van der Waals surface area contributed by atoms with E-state index in [-0.39, 0.29) is 6.04 Å². The fourth-order valence-corrected chi connectivity index (χ4v) is 3.31. The number of anilines is 1. The molecule has 4 aromatic heterocycles. The van der Waals surface area contributed by atoms with Crippen molar-refractivity contribution in [2.75, 3.05) is 24.7 Å². The summed E-state index contributed by atoms with van der Waals surface area (Å²) in [7, 11) is 0. The van der Waals surface area contributed by atoms with E-state index in [1.165, 1.54) is 0 Å². The molecule has 0 radical (unpaired) electrons. The first-order valence-corrected chi connectivity index (χ1v) is 9.03. The summed E-state index contributed by atoms with van der Waals surface area (Å²) in [5, 5.41) is 12.3. The zero-order chi connectivity index (χ0) is 18.9. The molecule has 28 heavy (non-hydrogen) atoms. The summed E-state index contributed by atoms with van der Waals surface area (Å²) >= 11 is 0. The Morgan fingerprint density at radius 1 is 1.29 bits per heavy atom. The van der Waals surface area contributed by atoms with E-state index in [4.69, 9.17) is 9.72 Å². The Morgan fingerprint density at radius 2 is 2.25 bits per heavy atom. The molecule has 1 saturated heterocycles. The number of ether oxygens (including phenoxy) is 1. The van der Waals surface area contributed by atoms with Gasteiger partial charge in [0.05, 0.1) is 49.6 Å². The van der Waals surface area contributed by atoms with Crippen LogP contribution in [0.5, 0.6) is 0 Å². The number of pyridine rings is 1. The molecule has 1 atom stereocenters. The van der Waals surface area contributed by atoms with Crippen molar-refractivity contribution in [3.8, 4) is 17.7 Å². The Kier molecular flexibility index (Phi) is 4.03. The van der Waals surface area contributed by atoms with Crippen molar-refractivity contribution in [1.82, 2.24) is 34.9 Å². The van der Waals surface area contributed by atoms with Crippen LogP contribution < -0.4 is 4.90 Å². The predicted molar refractivity (Wildman–Crippen MR) is 103 cm³/mol. The van der Waals surface area contributed by atoms with Gasteiger partial charge in [-0.1, -0.05) is 5.92 Å². The van der Waals surface area contributed by atoms with Crippen LogP contribution in [0.15, 0.2) is 37.1 Å². The molecule has 0 saturated carbocycles. The molecule has 0 unspecified atom stereocenters. The van der Waals surface area contributed by atoms with Crippen LogP contribution in [0.25, 0.3) is 16.9 Å². The van der Waals surface area contributed by atoms with Crippen molar-refractivity contribution in [2.24, 2.45) is 0 Å². The molecule has 9 nitrogen and oxygen atoms in total. The Labute approximate surface area is 160 Å². The fraction of sp³-hybridized carbons (Fsp3) is 0.263. The first kappa shape index (κ1) is 16.5. The minimum atomic E-state index is 0.232. The highest BCUT2D eigenvalue weighted by molar-refractivity contribution is 5.85. The first-order chi connectivity index (χ1) is 13.8. The number of morpholine rings is 1. The highest BCUT2D eigenvalue weighted by Crippen LogP contribution is 2.26. The topological polar surface area (TPSA) is 101 Å². The summed E-state index contributed by atoms with van der Waals surface area (Å²) < 4.78 is 7.32. The number of rotatable bonds is 2. The molecule has 140 valence electrons. The van der Waals surface area contributed by atoms with Gasteiger partial charge < -0.3 is 14.6 Å². The number of aromatic amines is 2. The van der Waals surface area contributed by atoms with Gasteiger partial charge in [-0.25, -0.2) is 9.97 Å². The average molecular weight is 374 g/mol. The van der Waals surface area contributed by atoms with E-state index < -0.39 is 0 Å². The van der Waals surface area contributed by atoms with Crippen molar-refractivity contribution in [3.63, 3.8) is 0 Å². The third-order valence-corrected chi connectivity index (χ3v) is 4.73. The lowest BCUT2D eigenvalue weighted by molar-refractivity contribution is 0.0985. The molecular formula is C19H18N8O. The molecule has 0 amide bonds. The molecule has 0 aromatic carbocycles. The van der Waals surface area contributed by atoms with E-state index in [2.05, 4.69) is 48.9 Å². The third kappa shape index (κ3) is 2.90. The van der Waals surface area contributed by atoms with Crippen molar-refractivity contribution >= 4 is 16.9 Å². The zero-order valence-corrected chi connectivity index (χ0v) is 15.3. The molecular weight excluding hydrogens is 356 g/mol. The van der Waals surface area contributed by atoms with Crippen LogP contribution in [0.3, 0.4) is 0 Å². The van der Waals surface area contributed by atoms with Crippen LogP contribution in [0.1, 0.15) is 18.2 Å². The van der Waals surface area contributed by atoms with E-state index in [1.54, 1.807) is 29.6 Å². The number of nitrogens with one attached hydrogen (secondary N) is 2. The molecule has 1 fully saturated rings. The average Bonchev–Trinajstić information content (AvgIpc) is 3.47. The Morgan fingerprint density at radius 3 is 3.04 bits per heavy atom. The number of imidazole rings is 1. The molecule has 2 N–H and O–H groups in total. The predicted octanol–water partition coefficient (Wildman–Crippen LogP) is 1.49. The second-order valence-corrected chi connectivity index (χ2v) is 6.60. The normalized spacial score (nSPS) is 16.9. The molecule has 0 spiro atoms.